The molecule has 2 saturated heterocycles. The van der Waals surface area contributed by atoms with E-state index < -0.39 is 0 Å². The van der Waals surface area contributed by atoms with Crippen LogP contribution in [0.5, 0.6) is 0 Å². The number of aromatic nitrogens is 2. The second-order valence-corrected chi connectivity index (χ2v) is 10.6. The summed E-state index contributed by atoms with van der Waals surface area (Å²) in [5.74, 6) is 1.33. The Hall–Kier alpha value is -2.05. The van der Waals surface area contributed by atoms with Crippen molar-refractivity contribution < 1.29 is 9.59 Å². The van der Waals surface area contributed by atoms with E-state index in [1.807, 2.05) is 15.9 Å². The van der Waals surface area contributed by atoms with Gasteiger partial charge in [0, 0.05) is 43.0 Å². The molecule has 0 atom stereocenters. The van der Waals surface area contributed by atoms with Crippen LogP contribution >= 0.6 is 23.2 Å². The number of likely N-dealkylation sites (tertiary alicyclic amines) is 2. The van der Waals surface area contributed by atoms with Crippen molar-refractivity contribution in [1.82, 2.24) is 19.6 Å². The number of benzene rings is 1. The van der Waals surface area contributed by atoms with Gasteiger partial charge in [-0.05, 0) is 62.6 Å². The van der Waals surface area contributed by atoms with Crippen molar-refractivity contribution in [3.8, 4) is 5.69 Å². The van der Waals surface area contributed by atoms with E-state index in [-0.39, 0.29) is 17.7 Å². The fraction of sp³-hybridized carbons (Fsp3) is 0.560. The Kier molecular flexibility index (Phi) is 6.41. The maximum atomic E-state index is 13.5. The zero-order valence-corrected chi connectivity index (χ0v) is 20.5. The summed E-state index contributed by atoms with van der Waals surface area (Å²) in [7, 11) is 0. The highest BCUT2D eigenvalue weighted by Gasteiger charge is 2.37. The van der Waals surface area contributed by atoms with Gasteiger partial charge in [-0.25, -0.2) is 4.68 Å². The standard InChI is InChI=1S/C25H30Cl2N4O2/c1-16-6-10-29(11-7-16)24(32)18-8-12-30(13-9-18)25(33)20-15-28-31(23(20)17-2-3-17)22-5-4-19(26)14-21(22)27/h4-5,14-18H,2-3,6-13H2,1H3. The Morgan fingerprint density at radius 3 is 2.24 bits per heavy atom. The molecule has 33 heavy (non-hydrogen) atoms. The molecule has 3 aliphatic rings. The smallest absolute Gasteiger partial charge is 0.257 e. The van der Waals surface area contributed by atoms with Crippen LogP contribution in [0.3, 0.4) is 0 Å². The SMILES string of the molecule is CC1CCN(C(=O)C2CCN(C(=O)c3cnn(-c4ccc(Cl)cc4Cl)c3C3CC3)CC2)CC1. The topological polar surface area (TPSA) is 58.4 Å². The zero-order valence-electron chi connectivity index (χ0n) is 19.0. The fourth-order valence-corrected chi connectivity index (χ4v) is 5.59. The number of halogens is 2. The number of piperidine rings is 2. The first-order chi connectivity index (χ1) is 15.9. The number of hydrogen-bond donors (Lipinski definition) is 0. The molecule has 3 fully saturated rings. The molecule has 2 aromatic rings. The van der Waals surface area contributed by atoms with Gasteiger partial charge >= 0.3 is 0 Å². The predicted octanol–water partition coefficient (Wildman–Crippen LogP) is 5.17. The van der Waals surface area contributed by atoms with Crippen LogP contribution in [0.15, 0.2) is 24.4 Å². The monoisotopic (exact) mass is 488 g/mol. The summed E-state index contributed by atoms with van der Waals surface area (Å²) in [5, 5.41) is 5.62. The predicted molar refractivity (Wildman–Crippen MR) is 129 cm³/mol. The summed E-state index contributed by atoms with van der Waals surface area (Å²) in [5.41, 5.74) is 2.32. The molecular formula is C25H30Cl2N4O2. The van der Waals surface area contributed by atoms with Crippen LogP contribution in [0.25, 0.3) is 5.69 Å². The maximum absolute atomic E-state index is 13.5. The van der Waals surface area contributed by atoms with Crippen molar-refractivity contribution in [1.29, 1.82) is 0 Å². The summed E-state index contributed by atoms with van der Waals surface area (Å²) in [6, 6.07) is 5.33. The summed E-state index contributed by atoms with van der Waals surface area (Å²) in [6.45, 7) is 5.21. The van der Waals surface area contributed by atoms with Gasteiger partial charge in [0.25, 0.3) is 5.91 Å². The molecule has 5 rings (SSSR count). The van der Waals surface area contributed by atoms with Crippen molar-refractivity contribution in [3.63, 3.8) is 0 Å². The number of rotatable bonds is 4. The highest BCUT2D eigenvalue weighted by atomic mass is 35.5. The fourth-order valence-electron chi connectivity index (χ4n) is 5.10. The molecule has 0 bridgehead atoms. The molecule has 2 amide bonds. The Morgan fingerprint density at radius 2 is 1.61 bits per heavy atom. The van der Waals surface area contributed by atoms with Crippen molar-refractivity contribution in [2.45, 2.75) is 51.4 Å². The molecule has 0 N–H and O–H groups in total. The first-order valence-corrected chi connectivity index (χ1v) is 12.8. The van der Waals surface area contributed by atoms with Crippen LogP contribution in [0.1, 0.15) is 67.4 Å². The maximum Gasteiger partial charge on any atom is 0.257 e. The van der Waals surface area contributed by atoms with Gasteiger partial charge in [0.05, 0.1) is 28.2 Å². The molecule has 1 aliphatic carbocycles. The molecule has 2 aliphatic heterocycles. The number of hydrogen-bond acceptors (Lipinski definition) is 3. The molecule has 6 nitrogen and oxygen atoms in total. The second-order valence-electron chi connectivity index (χ2n) is 9.80. The van der Waals surface area contributed by atoms with Gasteiger partial charge in [0.15, 0.2) is 0 Å². The van der Waals surface area contributed by atoms with Crippen molar-refractivity contribution >= 4 is 35.0 Å². The van der Waals surface area contributed by atoms with E-state index in [9.17, 15) is 9.59 Å². The van der Waals surface area contributed by atoms with Gasteiger partial charge in [-0.15, -0.1) is 0 Å². The van der Waals surface area contributed by atoms with Crippen molar-refractivity contribution in [2.75, 3.05) is 26.2 Å². The van der Waals surface area contributed by atoms with Crippen LogP contribution < -0.4 is 0 Å². The quantitative estimate of drug-likeness (QED) is 0.596. The van der Waals surface area contributed by atoms with E-state index in [0.29, 0.717) is 40.5 Å². The van der Waals surface area contributed by atoms with E-state index in [0.717, 1.165) is 63.0 Å². The lowest BCUT2D eigenvalue weighted by Gasteiger charge is -2.36. The third-order valence-corrected chi connectivity index (χ3v) is 7.90. The van der Waals surface area contributed by atoms with E-state index in [1.54, 1.807) is 23.0 Å². The molecule has 1 aromatic carbocycles. The summed E-state index contributed by atoms with van der Waals surface area (Å²) < 4.78 is 1.80. The molecule has 0 radical (unpaired) electrons. The average Bonchev–Trinajstić information content (AvgIpc) is 3.57. The molecule has 0 spiro atoms. The lowest BCUT2D eigenvalue weighted by molar-refractivity contribution is -0.138. The van der Waals surface area contributed by atoms with E-state index in [2.05, 4.69) is 12.0 Å². The Bertz CT molecular complexity index is 1050. The Labute approximate surface area is 204 Å². The normalized spacial score (nSPS) is 20.3. The van der Waals surface area contributed by atoms with Gasteiger partial charge in [-0.2, -0.15) is 5.10 Å². The molecule has 1 saturated carbocycles. The van der Waals surface area contributed by atoms with Gasteiger partial charge in [0.1, 0.15) is 0 Å². The molecule has 3 heterocycles. The largest absolute Gasteiger partial charge is 0.342 e. The third-order valence-electron chi connectivity index (χ3n) is 7.37. The lowest BCUT2D eigenvalue weighted by Crippen LogP contribution is -2.46. The minimum absolute atomic E-state index is 0.00549. The number of amides is 2. The van der Waals surface area contributed by atoms with Crippen molar-refractivity contribution in [2.24, 2.45) is 11.8 Å². The Morgan fingerprint density at radius 1 is 0.939 bits per heavy atom. The first-order valence-electron chi connectivity index (χ1n) is 12.0. The average molecular weight is 489 g/mol. The molecular weight excluding hydrogens is 459 g/mol. The zero-order chi connectivity index (χ0) is 23.1. The van der Waals surface area contributed by atoms with Gasteiger partial charge in [-0.3, -0.25) is 9.59 Å². The van der Waals surface area contributed by atoms with Crippen LogP contribution in [0.2, 0.25) is 10.0 Å². The van der Waals surface area contributed by atoms with E-state index in [1.165, 1.54) is 0 Å². The van der Waals surface area contributed by atoms with E-state index >= 15 is 0 Å². The van der Waals surface area contributed by atoms with Gasteiger partial charge in [0.2, 0.25) is 5.91 Å². The van der Waals surface area contributed by atoms with Crippen LogP contribution in [-0.2, 0) is 4.79 Å². The van der Waals surface area contributed by atoms with Crippen LogP contribution in [0, 0.1) is 11.8 Å². The summed E-state index contributed by atoms with van der Waals surface area (Å²) in [4.78, 5) is 30.4. The summed E-state index contributed by atoms with van der Waals surface area (Å²) in [6.07, 6.45) is 7.40. The molecule has 8 heteroatoms. The van der Waals surface area contributed by atoms with Gasteiger partial charge < -0.3 is 9.80 Å². The Balaban J connectivity index is 1.29. The lowest BCUT2D eigenvalue weighted by atomic mass is 9.92. The first kappa shape index (κ1) is 22.7. The van der Waals surface area contributed by atoms with Crippen molar-refractivity contribution in [3.05, 3.63) is 45.7 Å². The highest BCUT2D eigenvalue weighted by Crippen LogP contribution is 2.43. The number of carbonyl (C=O) groups excluding carboxylic acids is 2. The third kappa shape index (κ3) is 4.65. The molecule has 1 aromatic heterocycles. The number of carbonyl (C=O) groups is 2. The highest BCUT2D eigenvalue weighted by molar-refractivity contribution is 6.35. The minimum atomic E-state index is 0.00549. The van der Waals surface area contributed by atoms with Crippen LogP contribution in [-0.4, -0.2) is 57.6 Å². The minimum Gasteiger partial charge on any atom is -0.342 e. The molecule has 0 unspecified atom stereocenters. The van der Waals surface area contributed by atoms with E-state index in [4.69, 9.17) is 23.2 Å². The molecule has 176 valence electrons. The number of nitrogens with zero attached hydrogens (tertiary/aromatic N) is 4. The second kappa shape index (κ2) is 9.30. The van der Waals surface area contributed by atoms with Crippen LogP contribution in [0.4, 0.5) is 0 Å². The summed E-state index contributed by atoms with van der Waals surface area (Å²) >= 11 is 12.5. The van der Waals surface area contributed by atoms with Gasteiger partial charge in [-0.1, -0.05) is 30.1 Å².